The van der Waals surface area contributed by atoms with Gasteiger partial charge in [0, 0.05) is 12.2 Å². The molecule has 6 aromatic rings. The molecule has 6 atom stereocenters. The second-order valence-corrected chi connectivity index (χ2v) is 20.8. The van der Waals surface area contributed by atoms with Gasteiger partial charge in [-0.05, 0) is 79.7 Å². The third kappa shape index (κ3) is 19.6. The molecule has 0 spiro atoms. The molecule has 6 rings (SSSR count). The van der Waals surface area contributed by atoms with E-state index in [2.05, 4.69) is 40.1 Å². The number of carboxylic acids is 2. The fraction of sp³-hybridized carbons (Fsp3) is 0.391. The highest BCUT2D eigenvalue weighted by Gasteiger charge is 2.33. The van der Waals surface area contributed by atoms with E-state index in [-0.39, 0.29) is 37.1 Å². The normalized spacial score (nSPS) is 14.6. The lowest BCUT2D eigenvalue weighted by molar-refractivity contribution is -0.149. The Balaban J connectivity index is 0.000000279. The van der Waals surface area contributed by atoms with Crippen LogP contribution in [0.4, 0.5) is 11.6 Å². The van der Waals surface area contributed by atoms with Crippen LogP contribution in [-0.4, -0.2) is 122 Å². The number of nitrogens with zero attached hydrogens (tertiary/aromatic N) is 8. The van der Waals surface area contributed by atoms with E-state index in [9.17, 15) is 28.3 Å². The molecule has 0 saturated heterocycles. The minimum absolute atomic E-state index is 0.272. The van der Waals surface area contributed by atoms with Gasteiger partial charge in [-0.3, -0.25) is 18.7 Å². The molecule has 400 valence electrons. The van der Waals surface area contributed by atoms with Crippen LogP contribution in [0, 0.1) is 0 Å². The van der Waals surface area contributed by atoms with Crippen LogP contribution in [0.5, 0.6) is 11.5 Å². The van der Waals surface area contributed by atoms with E-state index in [1.807, 2.05) is 26.0 Å². The smallest absolute Gasteiger partial charge is 0.342 e. The number of aromatic nitrogens is 8. The summed E-state index contributed by atoms with van der Waals surface area (Å²) in [5.41, 5.74) is 13.8. The number of carbonyl (C=O) groups is 4. The number of nitrogens with two attached hydrogens (primary N) is 2. The number of esters is 2. The number of carboxylic acid groups (broad SMARTS) is 2. The Morgan fingerprint density at radius 3 is 1.26 bits per heavy atom. The average Bonchev–Trinajstić information content (AvgIpc) is 3.95. The lowest BCUT2D eigenvalue weighted by Crippen LogP contribution is -2.37. The van der Waals surface area contributed by atoms with Gasteiger partial charge < -0.3 is 58.8 Å². The molecule has 2 unspecified atom stereocenters. The van der Waals surface area contributed by atoms with Gasteiger partial charge in [-0.1, -0.05) is 36.4 Å². The molecule has 74 heavy (non-hydrogen) atoms. The highest BCUT2D eigenvalue weighted by molar-refractivity contribution is 7.57. The molecule has 26 nitrogen and oxygen atoms in total. The van der Waals surface area contributed by atoms with Crippen LogP contribution in [0.1, 0.15) is 55.4 Å². The Kier molecular flexibility index (Phi) is 22.6. The average molecular weight is 1070 g/mol. The standard InChI is InChI=1S/2C21H29N6O5P.C4H4O4/c2*1-14(2)31-21(28)16(4)26-33(29,32-17-8-6-5-7-9-17)13-30-15(3)10-27-12-25-18-19(22)23-11-24-20(18)27;5-3(6)1-2-4(7)8/h2*5-9,11-12,14-16H,10,13H2,1-4H3,(H,26,29)(H2,22,23,24);1-2H,(H,5,6)(H,7,8)/b;;2-1+/t2*15-,16+,33?;/m11./s1. The summed E-state index contributed by atoms with van der Waals surface area (Å²) in [5, 5.41) is 21.2. The van der Waals surface area contributed by atoms with Crippen molar-refractivity contribution in [2.24, 2.45) is 0 Å². The summed E-state index contributed by atoms with van der Waals surface area (Å²) in [6.07, 6.45) is 5.14. The summed E-state index contributed by atoms with van der Waals surface area (Å²) >= 11 is 0. The van der Waals surface area contributed by atoms with Gasteiger partial charge in [-0.15, -0.1) is 0 Å². The van der Waals surface area contributed by atoms with Gasteiger partial charge >= 0.3 is 38.9 Å². The van der Waals surface area contributed by atoms with Crippen molar-refractivity contribution in [1.29, 1.82) is 0 Å². The summed E-state index contributed by atoms with van der Waals surface area (Å²) in [4.78, 5) is 68.4. The number of nitrogen functional groups attached to an aromatic ring is 2. The van der Waals surface area contributed by atoms with Crippen LogP contribution in [-0.2, 0) is 60.3 Å². The topological polar surface area (TPSA) is 362 Å². The maximum Gasteiger partial charge on any atom is 0.342 e. The first-order valence-corrected chi connectivity index (χ1v) is 26.4. The largest absolute Gasteiger partial charge is 0.478 e. The molecular formula is C46H62N12O14P2. The highest BCUT2D eigenvalue weighted by Crippen LogP contribution is 2.45. The van der Waals surface area contributed by atoms with E-state index in [1.165, 1.54) is 12.7 Å². The number of fused-ring (bicyclic) bond motifs is 2. The molecule has 0 aliphatic rings. The Hall–Kier alpha value is -7.34. The highest BCUT2D eigenvalue weighted by atomic mass is 31.2. The zero-order valence-electron chi connectivity index (χ0n) is 42.0. The number of hydrogen-bond acceptors (Lipinski definition) is 20. The number of benzene rings is 2. The molecule has 4 heterocycles. The zero-order chi connectivity index (χ0) is 54.6. The Morgan fingerprint density at radius 1 is 0.581 bits per heavy atom. The summed E-state index contributed by atoms with van der Waals surface area (Å²) in [5.74, 6) is -2.21. The molecule has 0 radical (unpaired) electrons. The molecule has 0 saturated carbocycles. The first-order valence-electron chi connectivity index (χ1n) is 22.8. The number of nitrogens with one attached hydrogen (secondary N) is 2. The quantitative estimate of drug-likeness (QED) is 0.0242. The molecule has 8 N–H and O–H groups in total. The fourth-order valence-electron chi connectivity index (χ4n) is 6.16. The van der Waals surface area contributed by atoms with Gasteiger partial charge in [0.05, 0.1) is 50.2 Å². The predicted octanol–water partition coefficient (Wildman–Crippen LogP) is 5.66. The fourth-order valence-corrected chi connectivity index (χ4v) is 9.74. The molecule has 28 heteroatoms. The summed E-state index contributed by atoms with van der Waals surface area (Å²) in [7, 11) is -7.28. The molecule has 0 fully saturated rings. The molecular weight excluding hydrogens is 1010 g/mol. The van der Waals surface area contributed by atoms with Gasteiger partial charge in [-0.2, -0.15) is 0 Å². The van der Waals surface area contributed by atoms with Gasteiger partial charge in [0.2, 0.25) is 0 Å². The number of imidazole rings is 2. The Labute approximate surface area is 426 Å². The van der Waals surface area contributed by atoms with Gasteiger partial charge in [0.15, 0.2) is 22.9 Å². The number of anilines is 2. The van der Waals surface area contributed by atoms with Crippen molar-refractivity contribution < 1.29 is 66.5 Å². The Morgan fingerprint density at radius 2 is 0.932 bits per heavy atom. The molecule has 0 bridgehead atoms. The lowest BCUT2D eigenvalue weighted by atomic mass is 10.3. The van der Waals surface area contributed by atoms with Crippen LogP contribution in [0.25, 0.3) is 22.3 Å². The van der Waals surface area contributed by atoms with Crippen molar-refractivity contribution in [1.82, 2.24) is 49.2 Å². The maximum absolute atomic E-state index is 13.6. The minimum Gasteiger partial charge on any atom is -0.478 e. The predicted molar refractivity (Wildman–Crippen MR) is 272 cm³/mol. The number of aliphatic carboxylic acids is 2. The monoisotopic (exact) mass is 1070 g/mol. The molecule has 0 amide bonds. The van der Waals surface area contributed by atoms with Crippen LogP contribution in [0.2, 0.25) is 0 Å². The van der Waals surface area contributed by atoms with Crippen molar-refractivity contribution in [3.05, 3.63) is 98.1 Å². The van der Waals surface area contributed by atoms with E-state index in [0.29, 0.717) is 70.7 Å². The summed E-state index contributed by atoms with van der Waals surface area (Å²) < 4.78 is 64.4. The van der Waals surface area contributed by atoms with Crippen LogP contribution < -0.4 is 30.7 Å². The van der Waals surface area contributed by atoms with Crippen molar-refractivity contribution >= 4 is 72.9 Å². The molecule has 2 aromatic carbocycles. The first kappa shape index (κ1) is 59.2. The number of rotatable bonds is 24. The van der Waals surface area contributed by atoms with E-state index in [4.69, 9.17) is 49.7 Å². The molecule has 0 aliphatic heterocycles. The van der Waals surface area contributed by atoms with Crippen molar-refractivity contribution in [2.45, 2.75) is 105 Å². The van der Waals surface area contributed by atoms with Crippen LogP contribution in [0.15, 0.2) is 98.1 Å². The SMILES string of the molecule is CC(C)OC(=O)[C@H](C)NP(=O)(CO[C@H](C)Cn1cnc2c(N)ncnc21)Oc1ccccc1.CC(C)OC(=O)[C@H](C)NP(=O)(CO[C@H](C)Cn1cnc2c(N)ncnc21)Oc1ccccc1.O=C(O)/C=C/C(=O)O. The molecule has 0 aliphatic carbocycles. The first-order chi connectivity index (χ1) is 35.0. The van der Waals surface area contributed by atoms with Gasteiger partial charge in [0.1, 0.15) is 60.0 Å². The number of hydrogen-bond donors (Lipinski definition) is 6. The number of para-hydroxylation sites is 2. The lowest BCUT2D eigenvalue weighted by Gasteiger charge is -2.25. The molecule has 4 aromatic heterocycles. The third-order valence-corrected chi connectivity index (χ3v) is 12.9. The number of carbonyl (C=O) groups excluding carboxylic acids is 2. The summed E-state index contributed by atoms with van der Waals surface area (Å²) in [6, 6.07) is 15.7. The van der Waals surface area contributed by atoms with Gasteiger partial charge in [0.25, 0.3) is 0 Å². The van der Waals surface area contributed by atoms with E-state index in [0.717, 1.165) is 0 Å². The minimum atomic E-state index is -3.64. The van der Waals surface area contributed by atoms with Crippen molar-refractivity contribution in [3.8, 4) is 11.5 Å². The van der Waals surface area contributed by atoms with E-state index >= 15 is 0 Å². The zero-order valence-corrected chi connectivity index (χ0v) is 43.7. The van der Waals surface area contributed by atoms with E-state index < -0.39 is 51.0 Å². The van der Waals surface area contributed by atoms with Gasteiger partial charge in [-0.25, -0.2) is 49.7 Å². The van der Waals surface area contributed by atoms with Crippen LogP contribution >= 0.6 is 15.0 Å². The number of ether oxygens (including phenoxy) is 4. The van der Waals surface area contributed by atoms with E-state index in [1.54, 1.807) is 112 Å². The Bertz CT molecular complexity index is 2710. The van der Waals surface area contributed by atoms with Crippen molar-refractivity contribution in [2.75, 3.05) is 24.2 Å². The maximum atomic E-state index is 13.6. The summed E-state index contributed by atoms with van der Waals surface area (Å²) in [6.45, 7) is 14.5. The third-order valence-electron chi connectivity index (χ3n) is 9.38. The second-order valence-electron chi connectivity index (χ2n) is 16.7. The van der Waals surface area contributed by atoms with Crippen molar-refractivity contribution in [3.63, 3.8) is 0 Å². The van der Waals surface area contributed by atoms with Crippen LogP contribution in [0.3, 0.4) is 0 Å². The second kappa shape index (κ2) is 28.2.